The van der Waals surface area contributed by atoms with Crippen LogP contribution in [0.5, 0.6) is 0 Å². The van der Waals surface area contributed by atoms with Crippen LogP contribution in [0, 0.1) is 5.92 Å². The van der Waals surface area contributed by atoms with Crippen molar-refractivity contribution in [2.45, 2.75) is 19.3 Å². The lowest BCUT2D eigenvalue weighted by Crippen LogP contribution is -2.41. The molecule has 1 saturated heterocycles. The first-order valence-electron chi connectivity index (χ1n) is 11.0. The molecule has 0 radical (unpaired) electrons. The molecule has 168 valence electrons. The number of piperidine rings is 1. The molecule has 1 N–H and O–H groups in total. The number of nitrogens with one attached hydrogen (secondary N) is 1. The second-order valence-electron chi connectivity index (χ2n) is 7.89. The van der Waals surface area contributed by atoms with Gasteiger partial charge in [0.2, 0.25) is 5.91 Å². The van der Waals surface area contributed by atoms with E-state index in [1.807, 2.05) is 24.3 Å². The zero-order valence-electron chi connectivity index (χ0n) is 18.0. The van der Waals surface area contributed by atoms with Crippen LogP contribution in [0.3, 0.4) is 0 Å². The van der Waals surface area contributed by atoms with E-state index in [1.54, 1.807) is 22.3 Å². The van der Waals surface area contributed by atoms with Gasteiger partial charge in [0, 0.05) is 49.0 Å². The summed E-state index contributed by atoms with van der Waals surface area (Å²) in [5.41, 5.74) is 2.14. The van der Waals surface area contributed by atoms with Gasteiger partial charge in [0.1, 0.15) is 29.8 Å². The van der Waals surface area contributed by atoms with Crippen molar-refractivity contribution in [3.63, 3.8) is 0 Å². The molecule has 9 nitrogen and oxygen atoms in total. The number of anilines is 1. The van der Waals surface area contributed by atoms with E-state index in [9.17, 15) is 4.79 Å². The number of rotatable bonds is 7. The topological polar surface area (TPSA) is 102 Å². The van der Waals surface area contributed by atoms with Crippen molar-refractivity contribution in [2.75, 3.05) is 24.5 Å². The highest BCUT2D eigenvalue weighted by Crippen LogP contribution is 2.24. The number of benzene rings is 1. The van der Waals surface area contributed by atoms with Crippen LogP contribution >= 0.6 is 11.3 Å². The Balaban J connectivity index is 1.09. The smallest absolute Gasteiger partial charge is 0.223 e. The fraction of sp³-hybridized carbons (Fsp3) is 0.304. The Morgan fingerprint density at radius 2 is 1.91 bits per heavy atom. The highest BCUT2D eigenvalue weighted by Gasteiger charge is 2.25. The van der Waals surface area contributed by atoms with Crippen molar-refractivity contribution in [2.24, 2.45) is 5.92 Å². The van der Waals surface area contributed by atoms with Crippen LogP contribution in [0.4, 0.5) is 5.82 Å². The van der Waals surface area contributed by atoms with Gasteiger partial charge in [0.15, 0.2) is 5.82 Å². The Labute approximate surface area is 195 Å². The van der Waals surface area contributed by atoms with Gasteiger partial charge >= 0.3 is 0 Å². The normalized spacial score (nSPS) is 14.4. The number of thiazole rings is 1. The molecular weight excluding hydrogens is 436 g/mol. The summed E-state index contributed by atoms with van der Waals surface area (Å²) in [5, 5.41) is 10.3. The Hall–Kier alpha value is -3.66. The van der Waals surface area contributed by atoms with Gasteiger partial charge in [-0.1, -0.05) is 30.3 Å². The lowest BCUT2D eigenvalue weighted by Gasteiger charge is -2.32. The fourth-order valence-electron chi connectivity index (χ4n) is 3.93. The van der Waals surface area contributed by atoms with Crippen LogP contribution < -0.4 is 10.2 Å². The van der Waals surface area contributed by atoms with Crippen LogP contribution in [0.15, 0.2) is 60.8 Å². The number of carbonyl (C=O) groups excluding carboxylic acids is 1. The summed E-state index contributed by atoms with van der Waals surface area (Å²) in [4.78, 5) is 32.2. The van der Waals surface area contributed by atoms with Crippen LogP contribution in [0.2, 0.25) is 0 Å². The Morgan fingerprint density at radius 3 is 2.70 bits per heavy atom. The van der Waals surface area contributed by atoms with Gasteiger partial charge in [-0.25, -0.2) is 24.6 Å². The zero-order chi connectivity index (χ0) is 22.5. The molecule has 1 aliphatic heterocycles. The molecule has 0 atom stereocenters. The average Bonchev–Trinajstić information content (AvgIpc) is 3.58. The van der Waals surface area contributed by atoms with E-state index in [-0.39, 0.29) is 11.8 Å². The van der Waals surface area contributed by atoms with Crippen LogP contribution in [0.1, 0.15) is 18.5 Å². The average molecular weight is 461 g/mol. The van der Waals surface area contributed by atoms with Gasteiger partial charge < -0.3 is 10.2 Å². The summed E-state index contributed by atoms with van der Waals surface area (Å²) in [5.74, 6) is 1.66. The molecular formula is C23H24N8OS. The maximum atomic E-state index is 12.7. The molecule has 1 fully saturated rings. The standard InChI is InChI=1S/C23H24N8OS/c32-22(25-9-6-19-13-33-23(29-19)18-4-2-1-3-5-18)17-7-10-30(11-8-17)20-12-21(27-15-26-20)31-16-24-14-28-31/h1-5,12-17H,6-11H2,(H,25,32). The maximum absolute atomic E-state index is 12.7. The number of carbonyl (C=O) groups is 1. The van der Waals surface area contributed by atoms with E-state index in [0.29, 0.717) is 12.4 Å². The van der Waals surface area contributed by atoms with E-state index < -0.39 is 0 Å². The second-order valence-corrected chi connectivity index (χ2v) is 8.74. The molecule has 1 aliphatic rings. The summed E-state index contributed by atoms with van der Waals surface area (Å²) >= 11 is 1.64. The van der Waals surface area contributed by atoms with Gasteiger partial charge in [0.05, 0.1) is 5.69 Å². The minimum absolute atomic E-state index is 0.0215. The number of nitrogens with zero attached hydrogens (tertiary/aromatic N) is 7. The van der Waals surface area contributed by atoms with Crippen LogP contribution in [-0.4, -0.2) is 55.3 Å². The van der Waals surface area contributed by atoms with Crippen molar-refractivity contribution >= 4 is 23.1 Å². The van der Waals surface area contributed by atoms with E-state index in [0.717, 1.165) is 54.4 Å². The summed E-state index contributed by atoms with van der Waals surface area (Å²) in [6, 6.07) is 12.1. The molecule has 1 amide bonds. The predicted molar refractivity (Wildman–Crippen MR) is 126 cm³/mol. The Morgan fingerprint density at radius 1 is 1.09 bits per heavy atom. The second kappa shape index (κ2) is 9.86. The van der Waals surface area contributed by atoms with Gasteiger partial charge in [-0.2, -0.15) is 5.10 Å². The molecule has 5 rings (SSSR count). The monoisotopic (exact) mass is 460 g/mol. The SMILES string of the molecule is O=C(NCCc1csc(-c2ccccc2)n1)C1CCN(c2cc(-n3cncn3)ncn2)CC1. The summed E-state index contributed by atoms with van der Waals surface area (Å²) in [6.07, 6.45) is 6.94. The van der Waals surface area contributed by atoms with Gasteiger partial charge in [-0.15, -0.1) is 11.3 Å². The van der Waals surface area contributed by atoms with Gasteiger partial charge in [0.25, 0.3) is 0 Å². The van der Waals surface area contributed by atoms with Crippen molar-refractivity contribution in [3.05, 3.63) is 66.5 Å². The number of hydrogen-bond acceptors (Lipinski definition) is 8. The molecule has 0 bridgehead atoms. The molecule has 33 heavy (non-hydrogen) atoms. The molecule has 3 aromatic heterocycles. The maximum Gasteiger partial charge on any atom is 0.223 e. The van der Waals surface area contributed by atoms with E-state index in [4.69, 9.17) is 4.98 Å². The third-order valence-corrected chi connectivity index (χ3v) is 6.67. The van der Waals surface area contributed by atoms with Gasteiger partial charge in [-0.05, 0) is 12.8 Å². The van der Waals surface area contributed by atoms with Gasteiger partial charge in [-0.3, -0.25) is 4.79 Å². The first kappa shape index (κ1) is 21.2. The minimum atomic E-state index is 0.0215. The predicted octanol–water partition coefficient (Wildman–Crippen LogP) is 2.76. The quantitative estimate of drug-likeness (QED) is 0.452. The third-order valence-electron chi connectivity index (χ3n) is 5.73. The summed E-state index contributed by atoms with van der Waals surface area (Å²) < 4.78 is 1.61. The third kappa shape index (κ3) is 5.06. The molecule has 0 aliphatic carbocycles. The van der Waals surface area contributed by atoms with Crippen molar-refractivity contribution in [1.82, 2.24) is 35.0 Å². The molecule has 1 aromatic carbocycles. The van der Waals surface area contributed by atoms with Crippen molar-refractivity contribution in [3.8, 4) is 16.4 Å². The first-order valence-corrected chi connectivity index (χ1v) is 11.8. The molecule has 0 spiro atoms. The largest absolute Gasteiger partial charge is 0.356 e. The first-order chi connectivity index (χ1) is 16.3. The highest BCUT2D eigenvalue weighted by molar-refractivity contribution is 7.13. The van der Waals surface area contributed by atoms with Crippen LogP contribution in [-0.2, 0) is 11.2 Å². The summed E-state index contributed by atoms with van der Waals surface area (Å²) in [6.45, 7) is 2.15. The van der Waals surface area contributed by atoms with Crippen molar-refractivity contribution in [1.29, 1.82) is 0 Å². The van der Waals surface area contributed by atoms with E-state index >= 15 is 0 Å². The van der Waals surface area contributed by atoms with E-state index in [1.165, 1.54) is 12.7 Å². The zero-order valence-corrected chi connectivity index (χ0v) is 18.9. The highest BCUT2D eigenvalue weighted by atomic mass is 32.1. The summed E-state index contributed by atoms with van der Waals surface area (Å²) in [7, 11) is 0. The van der Waals surface area contributed by atoms with Crippen LogP contribution in [0.25, 0.3) is 16.4 Å². The molecule has 10 heteroatoms. The lowest BCUT2D eigenvalue weighted by molar-refractivity contribution is -0.125. The number of aromatic nitrogens is 6. The Bertz CT molecular complexity index is 1190. The fourth-order valence-corrected chi connectivity index (χ4v) is 4.79. The minimum Gasteiger partial charge on any atom is -0.356 e. The number of hydrogen-bond donors (Lipinski definition) is 1. The molecule has 4 heterocycles. The number of amides is 1. The van der Waals surface area contributed by atoms with E-state index in [2.05, 4.69) is 47.8 Å². The molecule has 0 saturated carbocycles. The Kier molecular flexibility index (Phi) is 6.34. The molecule has 0 unspecified atom stereocenters. The lowest BCUT2D eigenvalue weighted by atomic mass is 9.96. The molecule has 4 aromatic rings. The van der Waals surface area contributed by atoms with Crippen molar-refractivity contribution < 1.29 is 4.79 Å².